The van der Waals surface area contributed by atoms with Crippen molar-refractivity contribution in [2.24, 2.45) is 4.99 Å². The molecule has 2 aromatic heterocycles. The first-order chi connectivity index (χ1) is 21.2. The Labute approximate surface area is 254 Å². The van der Waals surface area contributed by atoms with E-state index < -0.39 is 29.4 Å². The number of aromatic carboxylic acids is 1. The Morgan fingerprint density at radius 1 is 1.07 bits per heavy atom. The van der Waals surface area contributed by atoms with Crippen molar-refractivity contribution >= 4 is 35.0 Å². The van der Waals surface area contributed by atoms with Gasteiger partial charge in [-0.1, -0.05) is 59.9 Å². The van der Waals surface area contributed by atoms with Gasteiger partial charge in [-0.3, -0.25) is 9.36 Å². The highest BCUT2D eigenvalue weighted by Crippen LogP contribution is 2.35. The van der Waals surface area contributed by atoms with Crippen LogP contribution in [0.5, 0.6) is 0 Å². The predicted octanol–water partition coefficient (Wildman–Crippen LogP) is 5.34. The number of aromatic nitrogens is 1. The first-order valence-electron chi connectivity index (χ1n) is 13.7. The summed E-state index contributed by atoms with van der Waals surface area (Å²) in [5.41, 5.74) is 2.86. The monoisotopic (exact) mass is 608 g/mol. The molecule has 0 bridgehead atoms. The van der Waals surface area contributed by atoms with Crippen LogP contribution in [-0.2, 0) is 9.53 Å². The minimum Gasteiger partial charge on any atom is -0.478 e. The first kappa shape index (κ1) is 28.8. The second kappa shape index (κ2) is 11.7. The normalized spacial score (nSPS) is 14.7. The van der Waals surface area contributed by atoms with Crippen molar-refractivity contribution in [1.82, 2.24) is 4.57 Å². The summed E-state index contributed by atoms with van der Waals surface area (Å²) >= 11 is 1.13. The van der Waals surface area contributed by atoms with Crippen molar-refractivity contribution in [2.75, 3.05) is 6.61 Å². The molecule has 3 heterocycles. The quantitative estimate of drug-likeness (QED) is 0.250. The lowest BCUT2D eigenvalue weighted by Crippen LogP contribution is -2.40. The number of hydrogen-bond acceptors (Lipinski definition) is 7. The molecule has 10 heteroatoms. The standard InChI is InChI=1S/C34H25FN2O6S/c1-3-42-33(41)28-29(20-7-5-4-6-8-20)36-34-37(30(28)21-11-13-23(35)14-12-21)31(38)27(44-34)18-24-15-16-26(43-24)25-17-22(32(39)40)10-9-19(25)2/h4-18,30H,3H2,1-2H3,(H,39,40)/b27-18-/t30-/m1/s1. The maximum Gasteiger partial charge on any atom is 0.338 e. The Bertz CT molecular complexity index is 2120. The van der Waals surface area contributed by atoms with E-state index in [1.807, 2.05) is 37.3 Å². The second-order valence-corrected chi connectivity index (χ2v) is 11.0. The lowest BCUT2D eigenvalue weighted by atomic mass is 9.93. The molecule has 1 N–H and O–H groups in total. The molecular weight excluding hydrogens is 583 g/mol. The highest BCUT2D eigenvalue weighted by Gasteiger charge is 2.35. The van der Waals surface area contributed by atoms with Gasteiger partial charge in [-0.15, -0.1) is 0 Å². The molecule has 0 radical (unpaired) electrons. The van der Waals surface area contributed by atoms with Crippen LogP contribution >= 0.6 is 11.3 Å². The minimum absolute atomic E-state index is 0.112. The first-order valence-corrected chi connectivity index (χ1v) is 14.5. The molecule has 0 aliphatic carbocycles. The van der Waals surface area contributed by atoms with Gasteiger partial charge in [0.1, 0.15) is 17.3 Å². The van der Waals surface area contributed by atoms with E-state index in [-0.39, 0.29) is 17.7 Å². The number of carbonyl (C=O) groups excluding carboxylic acids is 1. The minimum atomic E-state index is -1.05. The molecule has 0 saturated carbocycles. The SMILES string of the molecule is CCOC(=O)C1=C(c2ccccc2)N=c2s/c(=C\c3ccc(-c4cc(C(=O)O)ccc4C)o3)c(=O)n2[C@@H]1c1ccc(F)cc1. The largest absolute Gasteiger partial charge is 0.478 e. The molecule has 0 fully saturated rings. The zero-order valence-electron chi connectivity index (χ0n) is 23.6. The van der Waals surface area contributed by atoms with Crippen LogP contribution in [0.4, 0.5) is 4.39 Å². The van der Waals surface area contributed by atoms with Gasteiger partial charge in [0, 0.05) is 17.2 Å². The summed E-state index contributed by atoms with van der Waals surface area (Å²) in [5.74, 6) is -1.31. The van der Waals surface area contributed by atoms with Gasteiger partial charge in [0.25, 0.3) is 5.56 Å². The zero-order valence-corrected chi connectivity index (χ0v) is 24.4. The van der Waals surface area contributed by atoms with Crippen molar-refractivity contribution in [2.45, 2.75) is 19.9 Å². The van der Waals surface area contributed by atoms with Crippen LogP contribution in [0.3, 0.4) is 0 Å². The Hall–Kier alpha value is -5.35. The lowest BCUT2D eigenvalue weighted by molar-refractivity contribution is -0.138. The summed E-state index contributed by atoms with van der Waals surface area (Å²) in [7, 11) is 0. The molecular formula is C34H25FN2O6S. The Kier molecular flexibility index (Phi) is 7.67. The number of furan rings is 1. The number of benzene rings is 3. The van der Waals surface area contributed by atoms with Gasteiger partial charge in [0.05, 0.1) is 34.0 Å². The molecule has 0 spiro atoms. The van der Waals surface area contributed by atoms with Crippen molar-refractivity contribution in [3.63, 3.8) is 0 Å². The molecule has 8 nitrogen and oxygen atoms in total. The van der Waals surface area contributed by atoms with Crippen LogP contribution in [-0.4, -0.2) is 28.2 Å². The number of carboxylic acid groups (broad SMARTS) is 1. The Morgan fingerprint density at radius 2 is 1.82 bits per heavy atom. The van der Waals surface area contributed by atoms with Crippen LogP contribution in [0.2, 0.25) is 0 Å². The van der Waals surface area contributed by atoms with Crippen molar-refractivity contribution in [3.05, 3.63) is 144 Å². The Balaban J connectivity index is 1.54. The molecule has 1 atom stereocenters. The van der Waals surface area contributed by atoms with Crippen LogP contribution in [0.1, 0.15) is 45.8 Å². The number of carboxylic acids is 1. The molecule has 0 saturated heterocycles. The fourth-order valence-electron chi connectivity index (χ4n) is 5.13. The Morgan fingerprint density at radius 3 is 2.52 bits per heavy atom. The highest BCUT2D eigenvalue weighted by molar-refractivity contribution is 7.07. The van der Waals surface area contributed by atoms with Gasteiger partial charge in [-0.05, 0) is 61.4 Å². The predicted molar refractivity (Wildman–Crippen MR) is 163 cm³/mol. The third-order valence-corrected chi connectivity index (χ3v) is 8.19. The number of nitrogens with zero attached hydrogens (tertiary/aromatic N) is 2. The van der Waals surface area contributed by atoms with E-state index in [1.165, 1.54) is 34.9 Å². The van der Waals surface area contributed by atoms with Crippen LogP contribution in [0.15, 0.2) is 105 Å². The molecule has 1 aliphatic heterocycles. The van der Waals surface area contributed by atoms with E-state index in [0.717, 1.165) is 16.9 Å². The maximum absolute atomic E-state index is 14.0. The average Bonchev–Trinajstić information content (AvgIpc) is 3.61. The molecule has 0 amide bonds. The van der Waals surface area contributed by atoms with E-state index in [9.17, 15) is 23.9 Å². The molecule has 3 aromatic carbocycles. The van der Waals surface area contributed by atoms with E-state index in [0.29, 0.717) is 43.2 Å². The number of esters is 1. The third kappa shape index (κ3) is 5.31. The number of carbonyl (C=O) groups is 2. The number of ether oxygens (including phenoxy) is 1. The molecule has 220 valence electrons. The topological polar surface area (TPSA) is 111 Å². The van der Waals surface area contributed by atoms with Crippen LogP contribution in [0.25, 0.3) is 23.1 Å². The summed E-state index contributed by atoms with van der Waals surface area (Å²) in [6, 6.07) is 22.0. The van der Waals surface area contributed by atoms with Gasteiger partial charge >= 0.3 is 11.9 Å². The number of rotatable bonds is 7. The van der Waals surface area contributed by atoms with E-state index in [4.69, 9.17) is 14.1 Å². The number of thiazole rings is 1. The van der Waals surface area contributed by atoms with E-state index in [1.54, 1.807) is 37.3 Å². The number of aryl methyl sites for hydroxylation is 1. The van der Waals surface area contributed by atoms with Gasteiger partial charge in [-0.25, -0.2) is 19.0 Å². The van der Waals surface area contributed by atoms with Gasteiger partial charge in [0.2, 0.25) is 0 Å². The molecule has 1 aliphatic rings. The highest BCUT2D eigenvalue weighted by atomic mass is 32.1. The van der Waals surface area contributed by atoms with Crippen molar-refractivity contribution in [1.29, 1.82) is 0 Å². The number of fused-ring (bicyclic) bond motifs is 1. The molecule has 0 unspecified atom stereocenters. The zero-order chi connectivity index (χ0) is 31.0. The summed E-state index contributed by atoms with van der Waals surface area (Å²) in [5, 5.41) is 9.42. The van der Waals surface area contributed by atoms with E-state index in [2.05, 4.69) is 0 Å². The lowest BCUT2D eigenvalue weighted by Gasteiger charge is -2.25. The fraction of sp³-hybridized carbons (Fsp3) is 0.118. The van der Waals surface area contributed by atoms with Crippen LogP contribution in [0, 0.1) is 12.7 Å². The maximum atomic E-state index is 14.0. The van der Waals surface area contributed by atoms with Crippen LogP contribution < -0.4 is 14.9 Å². The summed E-state index contributed by atoms with van der Waals surface area (Å²) < 4.78 is 27.2. The van der Waals surface area contributed by atoms with Gasteiger partial charge in [-0.2, -0.15) is 0 Å². The summed E-state index contributed by atoms with van der Waals surface area (Å²) in [6.07, 6.45) is 1.58. The van der Waals surface area contributed by atoms with Gasteiger partial charge < -0.3 is 14.3 Å². The number of hydrogen-bond donors (Lipinski definition) is 1. The molecule has 6 rings (SSSR count). The summed E-state index contributed by atoms with van der Waals surface area (Å²) in [4.78, 5) is 44.1. The summed E-state index contributed by atoms with van der Waals surface area (Å²) in [6.45, 7) is 3.66. The second-order valence-electron chi connectivity index (χ2n) is 10.0. The van der Waals surface area contributed by atoms with E-state index >= 15 is 0 Å². The number of halogens is 1. The van der Waals surface area contributed by atoms with Crippen molar-refractivity contribution in [3.8, 4) is 11.3 Å². The molecule has 44 heavy (non-hydrogen) atoms. The van der Waals surface area contributed by atoms with Crippen molar-refractivity contribution < 1.29 is 28.2 Å². The average molecular weight is 609 g/mol. The fourth-order valence-corrected chi connectivity index (χ4v) is 6.11. The molecule has 5 aromatic rings. The van der Waals surface area contributed by atoms with Gasteiger partial charge in [0.15, 0.2) is 4.80 Å². The third-order valence-electron chi connectivity index (χ3n) is 7.21. The smallest absolute Gasteiger partial charge is 0.338 e.